The number of fused-ring (bicyclic) bond motifs is 1. The summed E-state index contributed by atoms with van der Waals surface area (Å²) in [6, 6.07) is 6.25. The average Bonchev–Trinajstić information content (AvgIpc) is 2.26. The van der Waals surface area contributed by atoms with Crippen molar-refractivity contribution in [3.63, 3.8) is 0 Å². The van der Waals surface area contributed by atoms with Gasteiger partial charge in [0.05, 0.1) is 7.11 Å². The zero-order chi connectivity index (χ0) is 10.8. The number of pyridine rings is 1. The number of hydrogen-bond donors (Lipinski definition) is 0. The largest absolute Gasteiger partial charge is 0.494 e. The molecule has 78 valence electrons. The van der Waals surface area contributed by atoms with E-state index >= 15 is 0 Å². The fourth-order valence-corrected chi connectivity index (χ4v) is 1.96. The van der Waals surface area contributed by atoms with Gasteiger partial charge in [0.2, 0.25) is 0 Å². The van der Waals surface area contributed by atoms with E-state index in [0.29, 0.717) is 0 Å². The summed E-state index contributed by atoms with van der Waals surface area (Å²) in [6.07, 6.45) is 2.79. The van der Waals surface area contributed by atoms with Gasteiger partial charge >= 0.3 is 0 Å². The second-order valence-electron chi connectivity index (χ2n) is 3.38. The summed E-state index contributed by atoms with van der Waals surface area (Å²) in [5.74, 6) is 0.844. The molecule has 0 N–H and O–H groups in total. The van der Waals surface area contributed by atoms with Crippen molar-refractivity contribution in [2.45, 2.75) is 13.3 Å². The number of ether oxygens (including phenoxy) is 1. The first-order valence-corrected chi connectivity index (χ1v) is 5.66. The van der Waals surface area contributed by atoms with Gasteiger partial charge in [-0.25, -0.2) is 0 Å². The van der Waals surface area contributed by atoms with Crippen LogP contribution in [0.15, 0.2) is 28.9 Å². The molecular weight excluding hydrogens is 254 g/mol. The topological polar surface area (TPSA) is 22.1 Å². The molecule has 2 nitrogen and oxygen atoms in total. The third-order valence-corrected chi connectivity index (χ3v) is 2.84. The van der Waals surface area contributed by atoms with Gasteiger partial charge in [-0.15, -0.1) is 0 Å². The molecule has 0 radical (unpaired) electrons. The van der Waals surface area contributed by atoms with Crippen molar-refractivity contribution in [3.05, 3.63) is 34.4 Å². The number of nitrogens with zero attached hydrogens (tertiary/aromatic N) is 1. The molecule has 15 heavy (non-hydrogen) atoms. The van der Waals surface area contributed by atoms with E-state index in [4.69, 9.17) is 4.74 Å². The molecule has 0 amide bonds. The van der Waals surface area contributed by atoms with Gasteiger partial charge in [0, 0.05) is 16.1 Å². The fourth-order valence-electron chi connectivity index (χ4n) is 1.61. The molecule has 0 aliphatic carbocycles. The number of aryl methyl sites for hydroxylation is 1. The summed E-state index contributed by atoms with van der Waals surface area (Å²) in [5.41, 5.74) is 2.18. The lowest BCUT2D eigenvalue weighted by Crippen LogP contribution is -1.90. The van der Waals surface area contributed by atoms with Gasteiger partial charge in [-0.1, -0.05) is 6.92 Å². The Morgan fingerprint density at radius 3 is 2.80 bits per heavy atom. The smallest absolute Gasteiger partial charge is 0.145 e. The van der Waals surface area contributed by atoms with E-state index in [1.807, 2.05) is 6.07 Å². The van der Waals surface area contributed by atoms with E-state index in [-0.39, 0.29) is 0 Å². The molecule has 0 saturated carbocycles. The molecule has 1 aromatic carbocycles. The Labute approximate surface area is 97.4 Å². The SMILES string of the molecule is CCc1cc(OC)c2ncc(Br)cc2c1. The first-order chi connectivity index (χ1) is 7.24. The van der Waals surface area contributed by atoms with Crippen molar-refractivity contribution in [2.75, 3.05) is 7.11 Å². The van der Waals surface area contributed by atoms with Gasteiger partial charge in [0.1, 0.15) is 11.3 Å². The molecule has 0 saturated heterocycles. The second-order valence-corrected chi connectivity index (χ2v) is 4.29. The highest BCUT2D eigenvalue weighted by Gasteiger charge is 2.05. The summed E-state index contributed by atoms with van der Waals surface area (Å²) in [4.78, 5) is 4.36. The van der Waals surface area contributed by atoms with E-state index in [1.54, 1.807) is 13.3 Å². The third-order valence-electron chi connectivity index (χ3n) is 2.40. The van der Waals surface area contributed by atoms with Crippen molar-refractivity contribution in [1.82, 2.24) is 4.98 Å². The monoisotopic (exact) mass is 265 g/mol. The van der Waals surface area contributed by atoms with Gasteiger partial charge in [-0.3, -0.25) is 4.98 Å². The fraction of sp³-hybridized carbons (Fsp3) is 0.250. The molecule has 1 aromatic heterocycles. The molecule has 0 aliphatic heterocycles. The molecule has 0 bridgehead atoms. The van der Waals surface area contributed by atoms with Gasteiger partial charge < -0.3 is 4.74 Å². The van der Waals surface area contributed by atoms with E-state index in [0.717, 1.165) is 27.5 Å². The molecule has 2 rings (SSSR count). The van der Waals surface area contributed by atoms with Crippen LogP contribution in [0, 0.1) is 0 Å². The highest BCUT2D eigenvalue weighted by molar-refractivity contribution is 9.10. The minimum Gasteiger partial charge on any atom is -0.494 e. The summed E-state index contributed by atoms with van der Waals surface area (Å²) in [5, 5.41) is 1.11. The van der Waals surface area contributed by atoms with Crippen molar-refractivity contribution in [1.29, 1.82) is 0 Å². The molecule has 0 aliphatic rings. The minimum absolute atomic E-state index is 0.844. The third kappa shape index (κ3) is 1.97. The van der Waals surface area contributed by atoms with E-state index in [2.05, 4.69) is 40.0 Å². The van der Waals surface area contributed by atoms with Crippen molar-refractivity contribution in [2.24, 2.45) is 0 Å². The lowest BCUT2D eigenvalue weighted by atomic mass is 10.1. The Kier molecular flexibility index (Phi) is 2.91. The molecule has 0 fully saturated rings. The lowest BCUT2D eigenvalue weighted by molar-refractivity contribution is 0.418. The molecule has 1 heterocycles. The first-order valence-electron chi connectivity index (χ1n) is 4.86. The minimum atomic E-state index is 0.844. The van der Waals surface area contributed by atoms with Crippen LogP contribution in [0.3, 0.4) is 0 Å². The predicted octanol–water partition coefficient (Wildman–Crippen LogP) is 3.57. The molecule has 0 unspecified atom stereocenters. The highest BCUT2D eigenvalue weighted by atomic mass is 79.9. The first kappa shape index (κ1) is 10.4. The van der Waals surface area contributed by atoms with Crippen LogP contribution in [0.5, 0.6) is 5.75 Å². The molecule has 2 aromatic rings. The van der Waals surface area contributed by atoms with Crippen molar-refractivity contribution in [3.8, 4) is 5.75 Å². The Bertz CT molecular complexity index is 496. The van der Waals surface area contributed by atoms with E-state index < -0.39 is 0 Å². The number of aromatic nitrogens is 1. The van der Waals surface area contributed by atoms with Gasteiger partial charge in [-0.2, -0.15) is 0 Å². The normalized spacial score (nSPS) is 10.6. The number of halogens is 1. The lowest BCUT2D eigenvalue weighted by Gasteiger charge is -2.07. The van der Waals surface area contributed by atoms with Gasteiger partial charge in [0.25, 0.3) is 0 Å². The number of rotatable bonds is 2. The summed E-state index contributed by atoms with van der Waals surface area (Å²) in [6.45, 7) is 2.13. The van der Waals surface area contributed by atoms with Crippen LogP contribution in [0.4, 0.5) is 0 Å². The van der Waals surface area contributed by atoms with Crippen LogP contribution in [0.1, 0.15) is 12.5 Å². The summed E-state index contributed by atoms with van der Waals surface area (Å²) in [7, 11) is 1.68. The Morgan fingerprint density at radius 1 is 1.33 bits per heavy atom. The van der Waals surface area contributed by atoms with Crippen LogP contribution in [-0.4, -0.2) is 12.1 Å². The quantitative estimate of drug-likeness (QED) is 0.829. The van der Waals surface area contributed by atoms with Crippen LogP contribution >= 0.6 is 15.9 Å². The van der Waals surface area contributed by atoms with Crippen LogP contribution in [0.2, 0.25) is 0 Å². The van der Waals surface area contributed by atoms with Crippen LogP contribution in [0.25, 0.3) is 10.9 Å². The van der Waals surface area contributed by atoms with Gasteiger partial charge in [-0.05, 0) is 46.1 Å². The number of hydrogen-bond acceptors (Lipinski definition) is 2. The van der Waals surface area contributed by atoms with Crippen LogP contribution in [-0.2, 0) is 6.42 Å². The van der Waals surface area contributed by atoms with E-state index in [9.17, 15) is 0 Å². The molecule has 3 heteroatoms. The van der Waals surface area contributed by atoms with Crippen molar-refractivity contribution >= 4 is 26.8 Å². The highest BCUT2D eigenvalue weighted by Crippen LogP contribution is 2.27. The van der Waals surface area contributed by atoms with E-state index in [1.165, 1.54) is 5.56 Å². The van der Waals surface area contributed by atoms with Gasteiger partial charge in [0.15, 0.2) is 0 Å². The number of methoxy groups -OCH3 is 1. The Balaban J connectivity index is 2.74. The summed E-state index contributed by atoms with van der Waals surface area (Å²) >= 11 is 3.42. The standard InChI is InChI=1S/C12H12BrNO/c1-3-8-4-9-6-10(13)7-14-12(9)11(5-8)15-2/h4-7H,3H2,1-2H3. The van der Waals surface area contributed by atoms with Crippen LogP contribution < -0.4 is 4.74 Å². The zero-order valence-electron chi connectivity index (χ0n) is 8.75. The Hall–Kier alpha value is -1.09. The molecule has 0 atom stereocenters. The second kappa shape index (κ2) is 4.19. The maximum atomic E-state index is 5.33. The summed E-state index contributed by atoms with van der Waals surface area (Å²) < 4.78 is 6.32. The molecule has 0 spiro atoms. The maximum absolute atomic E-state index is 5.33. The predicted molar refractivity (Wildman–Crippen MR) is 65.4 cm³/mol. The molecular formula is C12H12BrNO. The van der Waals surface area contributed by atoms with Crippen molar-refractivity contribution < 1.29 is 4.74 Å². The zero-order valence-corrected chi connectivity index (χ0v) is 10.3. The Morgan fingerprint density at radius 2 is 2.13 bits per heavy atom. The maximum Gasteiger partial charge on any atom is 0.145 e. The average molecular weight is 266 g/mol. The number of benzene rings is 1.